The second-order valence-electron chi connectivity index (χ2n) is 4.86. The van der Waals surface area contributed by atoms with Gasteiger partial charge in [-0.3, -0.25) is 10.1 Å². The summed E-state index contributed by atoms with van der Waals surface area (Å²) in [6.45, 7) is 0.109. The van der Waals surface area contributed by atoms with Crippen molar-refractivity contribution in [1.82, 2.24) is 0 Å². The van der Waals surface area contributed by atoms with E-state index in [0.29, 0.717) is 5.69 Å². The van der Waals surface area contributed by atoms with Gasteiger partial charge in [0.05, 0.1) is 4.90 Å². The van der Waals surface area contributed by atoms with Crippen molar-refractivity contribution in [3.8, 4) is 0 Å². The molecular weight excluding hydrogens is 334 g/mol. The molecule has 7 nitrogen and oxygen atoms in total. The summed E-state index contributed by atoms with van der Waals surface area (Å²) in [7, 11) is -3.89. The summed E-state index contributed by atoms with van der Waals surface area (Å²) < 4.78 is 28.5. The van der Waals surface area contributed by atoms with Crippen molar-refractivity contribution in [2.24, 2.45) is 0 Å². The van der Waals surface area contributed by atoms with Gasteiger partial charge in [0, 0.05) is 5.69 Å². The number of hydrogen-bond donors (Lipinski definition) is 2. The standard InChI is InChI=1S/C16H15NO6S/c18-15(19)11-24(21,22)14-8-6-13(7-9-14)17-16(20)23-10-12-4-2-1-3-5-12/h1-9H,10-11H2,(H,17,20)(H,18,19). The van der Waals surface area contributed by atoms with E-state index in [1.165, 1.54) is 24.3 Å². The number of hydrogen-bond acceptors (Lipinski definition) is 5. The lowest BCUT2D eigenvalue weighted by Crippen LogP contribution is -2.16. The Labute approximate surface area is 138 Å². The molecule has 8 heteroatoms. The summed E-state index contributed by atoms with van der Waals surface area (Å²) in [5.74, 6) is -2.42. The number of aliphatic carboxylic acids is 1. The molecule has 1 amide bonds. The van der Waals surface area contributed by atoms with Crippen LogP contribution in [0.2, 0.25) is 0 Å². The van der Waals surface area contributed by atoms with Crippen LogP contribution in [0.4, 0.5) is 10.5 Å². The first-order valence-corrected chi connectivity index (χ1v) is 8.54. The minimum atomic E-state index is -3.89. The van der Waals surface area contributed by atoms with E-state index >= 15 is 0 Å². The molecule has 0 saturated carbocycles. The van der Waals surface area contributed by atoms with Crippen LogP contribution in [-0.4, -0.2) is 31.3 Å². The van der Waals surface area contributed by atoms with Crippen molar-refractivity contribution in [2.45, 2.75) is 11.5 Å². The van der Waals surface area contributed by atoms with E-state index in [0.717, 1.165) is 5.56 Å². The lowest BCUT2D eigenvalue weighted by Gasteiger charge is -2.08. The van der Waals surface area contributed by atoms with Gasteiger partial charge in [-0.2, -0.15) is 0 Å². The van der Waals surface area contributed by atoms with Crippen molar-refractivity contribution in [3.63, 3.8) is 0 Å². The molecule has 2 N–H and O–H groups in total. The number of carboxylic acid groups (broad SMARTS) is 1. The summed E-state index contributed by atoms with van der Waals surface area (Å²) in [4.78, 5) is 22.1. The average molecular weight is 349 g/mol. The van der Waals surface area contributed by atoms with Crippen LogP contribution in [0.25, 0.3) is 0 Å². The van der Waals surface area contributed by atoms with Gasteiger partial charge in [0.1, 0.15) is 6.61 Å². The summed E-state index contributed by atoms with van der Waals surface area (Å²) in [5.41, 5.74) is 1.17. The maximum Gasteiger partial charge on any atom is 0.411 e. The summed E-state index contributed by atoms with van der Waals surface area (Å²) in [6.07, 6.45) is -0.681. The van der Waals surface area contributed by atoms with Crippen LogP contribution in [0.5, 0.6) is 0 Å². The van der Waals surface area contributed by atoms with Gasteiger partial charge in [0.25, 0.3) is 0 Å². The van der Waals surface area contributed by atoms with Gasteiger partial charge in [-0.05, 0) is 29.8 Å². The highest BCUT2D eigenvalue weighted by Gasteiger charge is 2.18. The Kier molecular flexibility index (Phi) is 5.54. The first-order chi connectivity index (χ1) is 11.4. The number of rotatable bonds is 6. The van der Waals surface area contributed by atoms with Gasteiger partial charge in [-0.25, -0.2) is 13.2 Å². The first-order valence-electron chi connectivity index (χ1n) is 6.89. The van der Waals surface area contributed by atoms with E-state index in [2.05, 4.69) is 5.32 Å². The largest absolute Gasteiger partial charge is 0.480 e. The third kappa shape index (κ3) is 5.10. The van der Waals surface area contributed by atoms with Crippen LogP contribution in [0.1, 0.15) is 5.56 Å². The number of carboxylic acids is 1. The van der Waals surface area contributed by atoms with Crippen LogP contribution in [0.15, 0.2) is 59.5 Å². The van der Waals surface area contributed by atoms with Crippen LogP contribution < -0.4 is 5.32 Å². The Balaban J connectivity index is 1.94. The van der Waals surface area contributed by atoms with E-state index in [1.54, 1.807) is 0 Å². The molecule has 0 aliphatic heterocycles. The third-order valence-electron chi connectivity index (χ3n) is 2.99. The van der Waals surface area contributed by atoms with Gasteiger partial charge < -0.3 is 9.84 Å². The number of ether oxygens (including phenoxy) is 1. The van der Waals surface area contributed by atoms with Gasteiger partial charge in [-0.1, -0.05) is 30.3 Å². The fourth-order valence-electron chi connectivity index (χ4n) is 1.87. The molecule has 0 spiro atoms. The zero-order chi connectivity index (χ0) is 17.6. The number of sulfone groups is 1. The van der Waals surface area contributed by atoms with Crippen LogP contribution in [0, 0.1) is 0 Å². The zero-order valence-electron chi connectivity index (χ0n) is 12.5. The van der Waals surface area contributed by atoms with Crippen LogP contribution in [0.3, 0.4) is 0 Å². The number of amides is 1. The lowest BCUT2D eigenvalue weighted by atomic mass is 10.2. The molecule has 126 valence electrons. The lowest BCUT2D eigenvalue weighted by molar-refractivity contribution is -0.134. The Morgan fingerprint density at radius 1 is 1.00 bits per heavy atom. The second kappa shape index (κ2) is 7.60. The van der Waals surface area contributed by atoms with Crippen molar-refractivity contribution >= 4 is 27.6 Å². The summed E-state index contributed by atoms with van der Waals surface area (Å²) in [6, 6.07) is 14.3. The molecule has 0 heterocycles. The number of nitrogens with one attached hydrogen (secondary N) is 1. The predicted molar refractivity (Wildman–Crippen MR) is 86.4 cm³/mol. The molecule has 0 fully saturated rings. The van der Waals surface area contributed by atoms with Gasteiger partial charge in [0.15, 0.2) is 15.6 Å². The van der Waals surface area contributed by atoms with E-state index in [-0.39, 0.29) is 11.5 Å². The molecule has 0 aromatic heterocycles. The topological polar surface area (TPSA) is 110 Å². The van der Waals surface area contributed by atoms with Crippen molar-refractivity contribution in [2.75, 3.05) is 11.1 Å². The molecule has 0 saturated heterocycles. The molecular formula is C16H15NO6S. The molecule has 2 aromatic rings. The van der Waals surface area contributed by atoms with Crippen LogP contribution in [-0.2, 0) is 26.0 Å². The highest BCUT2D eigenvalue weighted by molar-refractivity contribution is 7.92. The Morgan fingerprint density at radius 3 is 2.21 bits per heavy atom. The Bertz CT molecular complexity index is 815. The van der Waals surface area contributed by atoms with E-state index < -0.39 is 27.7 Å². The quantitative estimate of drug-likeness (QED) is 0.828. The first kappa shape index (κ1) is 17.5. The summed E-state index contributed by atoms with van der Waals surface area (Å²) >= 11 is 0. The molecule has 2 rings (SSSR count). The van der Waals surface area contributed by atoms with E-state index in [1.807, 2.05) is 30.3 Å². The SMILES string of the molecule is O=C(O)CS(=O)(=O)c1ccc(NC(=O)OCc2ccccc2)cc1. The molecule has 0 atom stereocenters. The maximum absolute atomic E-state index is 11.7. The zero-order valence-corrected chi connectivity index (χ0v) is 13.3. The number of anilines is 1. The van der Waals surface area contributed by atoms with E-state index in [9.17, 15) is 18.0 Å². The third-order valence-corrected chi connectivity index (χ3v) is 4.60. The Morgan fingerprint density at radius 2 is 1.62 bits per heavy atom. The minimum absolute atomic E-state index is 0.109. The molecule has 0 radical (unpaired) electrons. The molecule has 0 aliphatic rings. The van der Waals surface area contributed by atoms with E-state index in [4.69, 9.17) is 9.84 Å². The second-order valence-corrected chi connectivity index (χ2v) is 6.85. The fraction of sp³-hybridized carbons (Fsp3) is 0.125. The van der Waals surface area contributed by atoms with Gasteiger partial charge in [-0.15, -0.1) is 0 Å². The minimum Gasteiger partial charge on any atom is -0.480 e. The van der Waals surface area contributed by atoms with Gasteiger partial charge >= 0.3 is 12.1 Å². The Hall–Kier alpha value is -2.87. The highest BCUT2D eigenvalue weighted by Crippen LogP contribution is 2.16. The number of carbonyl (C=O) groups excluding carboxylic acids is 1. The smallest absolute Gasteiger partial charge is 0.411 e. The maximum atomic E-state index is 11.7. The molecule has 0 aliphatic carbocycles. The highest BCUT2D eigenvalue weighted by atomic mass is 32.2. The fourth-order valence-corrected chi connectivity index (χ4v) is 2.91. The number of benzene rings is 2. The van der Waals surface area contributed by atoms with Crippen LogP contribution >= 0.6 is 0 Å². The van der Waals surface area contributed by atoms with Gasteiger partial charge in [0.2, 0.25) is 0 Å². The molecule has 24 heavy (non-hydrogen) atoms. The molecule has 2 aromatic carbocycles. The molecule has 0 unspecified atom stereocenters. The molecule has 0 bridgehead atoms. The van der Waals surface area contributed by atoms with Crippen molar-refractivity contribution < 1.29 is 27.9 Å². The van der Waals surface area contributed by atoms with Crippen molar-refractivity contribution in [1.29, 1.82) is 0 Å². The predicted octanol–water partition coefficient (Wildman–Crippen LogP) is 2.29. The van der Waals surface area contributed by atoms with Crippen molar-refractivity contribution in [3.05, 3.63) is 60.2 Å². The normalized spacial score (nSPS) is 10.8. The average Bonchev–Trinajstić information content (AvgIpc) is 2.53. The number of carbonyl (C=O) groups is 2. The monoisotopic (exact) mass is 349 g/mol. The summed E-state index contributed by atoms with van der Waals surface area (Å²) in [5, 5.41) is 11.0.